The van der Waals surface area contributed by atoms with Crippen molar-refractivity contribution in [1.29, 1.82) is 0 Å². The Morgan fingerprint density at radius 2 is 1.95 bits per heavy atom. The van der Waals surface area contributed by atoms with Gasteiger partial charge in [-0.3, -0.25) is 0 Å². The lowest BCUT2D eigenvalue weighted by Gasteiger charge is -2.36. The van der Waals surface area contributed by atoms with Crippen molar-refractivity contribution in [2.75, 3.05) is 33.2 Å². The third-order valence-electron chi connectivity index (χ3n) is 3.64. The lowest BCUT2D eigenvalue weighted by molar-refractivity contribution is 0.249. The first kappa shape index (κ1) is 16.9. The van der Waals surface area contributed by atoms with Crippen LogP contribution in [0.25, 0.3) is 0 Å². The maximum absolute atomic E-state index is 12.6. The Kier molecular flexibility index (Phi) is 7.28. The average molecular weight is 291 g/mol. The topological polar surface area (TPSA) is 52.7 Å². The first-order valence-electron chi connectivity index (χ1n) is 7.47. The van der Waals surface area contributed by atoms with Gasteiger partial charge in [-0.1, -0.05) is 20.3 Å². The van der Waals surface area contributed by atoms with Crippen LogP contribution in [0.2, 0.25) is 0 Å². The number of piperidine rings is 1. The number of hydrogen-bond donors (Lipinski definition) is 1. The minimum Gasteiger partial charge on any atom is -0.315 e. The smallest absolute Gasteiger partial charge is 0.282 e. The van der Waals surface area contributed by atoms with Crippen LogP contribution in [0.3, 0.4) is 0 Å². The maximum atomic E-state index is 12.6. The molecule has 114 valence electrons. The Hall–Kier alpha value is -0.170. The monoisotopic (exact) mass is 291 g/mol. The van der Waals surface area contributed by atoms with Gasteiger partial charge in [-0.15, -0.1) is 0 Å². The molecule has 0 amide bonds. The van der Waals surface area contributed by atoms with Gasteiger partial charge >= 0.3 is 0 Å². The zero-order valence-electron chi connectivity index (χ0n) is 12.6. The molecule has 1 fully saturated rings. The van der Waals surface area contributed by atoms with E-state index < -0.39 is 10.2 Å². The van der Waals surface area contributed by atoms with E-state index in [-0.39, 0.29) is 6.04 Å². The molecule has 1 aliphatic rings. The molecule has 1 rings (SSSR count). The summed E-state index contributed by atoms with van der Waals surface area (Å²) >= 11 is 0. The Bertz CT molecular complexity index is 340. The van der Waals surface area contributed by atoms with Crippen LogP contribution in [0.15, 0.2) is 0 Å². The van der Waals surface area contributed by atoms with Gasteiger partial charge in [0.15, 0.2) is 0 Å². The Labute approximate surface area is 118 Å². The normalized spacial score (nSPS) is 21.2. The zero-order chi connectivity index (χ0) is 14.3. The molecule has 1 N–H and O–H groups in total. The van der Waals surface area contributed by atoms with Gasteiger partial charge in [-0.25, -0.2) is 0 Å². The molecule has 0 bridgehead atoms. The van der Waals surface area contributed by atoms with Gasteiger partial charge in [-0.2, -0.15) is 17.0 Å². The summed E-state index contributed by atoms with van der Waals surface area (Å²) in [6.07, 6.45) is 4.81. The maximum Gasteiger partial charge on any atom is 0.282 e. The van der Waals surface area contributed by atoms with Crippen molar-refractivity contribution in [3.8, 4) is 0 Å². The molecule has 6 heteroatoms. The molecule has 0 aromatic carbocycles. The van der Waals surface area contributed by atoms with E-state index in [1.54, 1.807) is 11.4 Å². The summed E-state index contributed by atoms with van der Waals surface area (Å²) < 4.78 is 28.5. The van der Waals surface area contributed by atoms with Gasteiger partial charge in [0.1, 0.15) is 0 Å². The van der Waals surface area contributed by atoms with E-state index in [0.29, 0.717) is 13.1 Å². The fourth-order valence-electron chi connectivity index (χ4n) is 2.46. The largest absolute Gasteiger partial charge is 0.315 e. The highest BCUT2D eigenvalue weighted by Crippen LogP contribution is 2.18. The number of nitrogens with zero attached hydrogens (tertiary/aromatic N) is 2. The first-order valence-corrected chi connectivity index (χ1v) is 8.87. The highest BCUT2D eigenvalue weighted by molar-refractivity contribution is 7.86. The fraction of sp³-hybridized carbons (Fsp3) is 1.00. The minimum absolute atomic E-state index is 0.114. The van der Waals surface area contributed by atoms with Crippen molar-refractivity contribution in [2.24, 2.45) is 0 Å². The van der Waals surface area contributed by atoms with Gasteiger partial charge in [0.05, 0.1) is 0 Å². The number of nitrogens with one attached hydrogen (secondary N) is 1. The Morgan fingerprint density at radius 3 is 2.47 bits per heavy atom. The molecule has 0 saturated carbocycles. The molecular formula is C13H29N3O2S. The van der Waals surface area contributed by atoms with Crippen molar-refractivity contribution in [3.63, 3.8) is 0 Å². The zero-order valence-corrected chi connectivity index (χ0v) is 13.4. The van der Waals surface area contributed by atoms with Crippen LogP contribution < -0.4 is 5.32 Å². The number of rotatable bonds is 8. The van der Waals surface area contributed by atoms with Crippen LogP contribution in [0, 0.1) is 0 Å². The van der Waals surface area contributed by atoms with E-state index in [0.717, 1.165) is 45.2 Å². The average Bonchev–Trinajstić information content (AvgIpc) is 2.42. The standard InChI is InChI=1S/C13H29N3O2S/c1-4-6-11-15(3)19(17,18)16(10-5-2)13-8-7-9-14-12-13/h13-14H,4-12H2,1-3H3. The Morgan fingerprint density at radius 1 is 1.21 bits per heavy atom. The van der Waals surface area contributed by atoms with E-state index >= 15 is 0 Å². The van der Waals surface area contributed by atoms with Gasteiger partial charge in [0.2, 0.25) is 0 Å². The predicted octanol–water partition coefficient (Wildman–Crippen LogP) is 1.43. The van der Waals surface area contributed by atoms with E-state index in [2.05, 4.69) is 12.2 Å². The van der Waals surface area contributed by atoms with Crippen LogP contribution >= 0.6 is 0 Å². The van der Waals surface area contributed by atoms with E-state index in [1.807, 2.05) is 6.92 Å². The lowest BCUT2D eigenvalue weighted by atomic mass is 10.1. The summed E-state index contributed by atoms with van der Waals surface area (Å²) in [5, 5.41) is 3.30. The molecule has 0 radical (unpaired) electrons. The van der Waals surface area contributed by atoms with Crippen LogP contribution in [0.5, 0.6) is 0 Å². The fourth-order valence-corrected chi connectivity index (χ4v) is 4.15. The van der Waals surface area contributed by atoms with Gasteiger partial charge in [0.25, 0.3) is 10.2 Å². The van der Waals surface area contributed by atoms with Crippen molar-refractivity contribution in [2.45, 2.75) is 52.0 Å². The SMILES string of the molecule is CCCCN(C)S(=O)(=O)N(CCC)C1CCCNC1. The molecule has 1 aliphatic heterocycles. The molecule has 0 aromatic rings. The molecule has 1 saturated heterocycles. The van der Waals surface area contributed by atoms with Crippen LogP contribution in [0.4, 0.5) is 0 Å². The summed E-state index contributed by atoms with van der Waals surface area (Å²) in [6, 6.07) is 0.114. The summed E-state index contributed by atoms with van der Waals surface area (Å²) in [5.74, 6) is 0. The molecule has 19 heavy (non-hydrogen) atoms. The summed E-state index contributed by atoms with van der Waals surface area (Å²) in [4.78, 5) is 0. The third-order valence-corrected chi connectivity index (χ3v) is 5.68. The second-order valence-electron chi connectivity index (χ2n) is 5.29. The van der Waals surface area contributed by atoms with Gasteiger partial charge < -0.3 is 5.32 Å². The molecule has 5 nitrogen and oxygen atoms in total. The lowest BCUT2D eigenvalue weighted by Crippen LogP contribution is -2.52. The van der Waals surface area contributed by atoms with Crippen LogP contribution in [0.1, 0.15) is 46.0 Å². The summed E-state index contributed by atoms with van der Waals surface area (Å²) in [6.45, 7) is 7.12. The highest BCUT2D eigenvalue weighted by Gasteiger charge is 2.32. The molecular weight excluding hydrogens is 262 g/mol. The van der Waals surface area contributed by atoms with E-state index in [4.69, 9.17) is 0 Å². The van der Waals surface area contributed by atoms with Crippen molar-refractivity contribution in [1.82, 2.24) is 13.9 Å². The molecule has 0 aliphatic carbocycles. The number of unbranched alkanes of at least 4 members (excludes halogenated alkanes) is 1. The molecule has 0 spiro atoms. The molecule has 1 unspecified atom stereocenters. The van der Waals surface area contributed by atoms with Gasteiger partial charge in [-0.05, 0) is 32.2 Å². The quantitative estimate of drug-likeness (QED) is 0.736. The van der Waals surface area contributed by atoms with E-state index in [1.165, 1.54) is 4.31 Å². The number of hydrogen-bond acceptors (Lipinski definition) is 3. The van der Waals surface area contributed by atoms with E-state index in [9.17, 15) is 8.42 Å². The third kappa shape index (κ3) is 4.70. The summed E-state index contributed by atoms with van der Waals surface area (Å²) in [5.41, 5.74) is 0. The first-order chi connectivity index (χ1) is 9.04. The van der Waals surface area contributed by atoms with Crippen molar-refractivity contribution in [3.05, 3.63) is 0 Å². The van der Waals surface area contributed by atoms with Crippen molar-refractivity contribution < 1.29 is 8.42 Å². The van der Waals surface area contributed by atoms with Crippen molar-refractivity contribution >= 4 is 10.2 Å². The molecule has 0 aromatic heterocycles. The molecule has 1 atom stereocenters. The second kappa shape index (κ2) is 8.19. The highest BCUT2D eigenvalue weighted by atomic mass is 32.2. The predicted molar refractivity (Wildman–Crippen MR) is 79.3 cm³/mol. The molecule has 1 heterocycles. The van der Waals surface area contributed by atoms with Gasteiger partial charge in [0, 0.05) is 32.7 Å². The van der Waals surface area contributed by atoms with Crippen LogP contribution in [-0.2, 0) is 10.2 Å². The second-order valence-corrected chi connectivity index (χ2v) is 7.28. The summed E-state index contributed by atoms with van der Waals surface area (Å²) in [7, 11) is -1.61. The van der Waals surface area contributed by atoms with Crippen LogP contribution in [-0.4, -0.2) is 56.3 Å². The Balaban J connectivity index is 2.77. The minimum atomic E-state index is -3.31.